The standard InChI is InChI=1S/C12H13BrF2N2O.ClH/c1-7-6-16-4-5-17(7)12(18)10-9(14)3-2-8(13)11(10)15;/h2-3,7,16H,4-6H2,1H3;1H/t7-;/m0./s1. The zero-order chi connectivity index (χ0) is 13.3. The first-order valence-electron chi connectivity index (χ1n) is 5.67. The summed E-state index contributed by atoms with van der Waals surface area (Å²) in [5, 5.41) is 3.12. The summed E-state index contributed by atoms with van der Waals surface area (Å²) in [5.41, 5.74) is -0.488. The van der Waals surface area contributed by atoms with E-state index in [0.717, 1.165) is 6.07 Å². The molecular formula is C12H14BrClF2N2O. The Bertz CT molecular complexity index is 487. The lowest BCUT2D eigenvalue weighted by Gasteiger charge is -2.34. The van der Waals surface area contributed by atoms with Crippen molar-refractivity contribution in [2.75, 3.05) is 19.6 Å². The lowest BCUT2D eigenvalue weighted by molar-refractivity contribution is 0.0645. The third-order valence-corrected chi connectivity index (χ3v) is 3.63. The SMILES string of the molecule is C[C@H]1CNCCN1C(=O)c1c(F)ccc(Br)c1F.Cl. The smallest absolute Gasteiger partial charge is 0.260 e. The molecule has 106 valence electrons. The van der Waals surface area contributed by atoms with E-state index < -0.39 is 23.1 Å². The minimum atomic E-state index is -0.842. The van der Waals surface area contributed by atoms with Crippen LogP contribution in [0.1, 0.15) is 17.3 Å². The molecule has 1 heterocycles. The molecule has 3 nitrogen and oxygen atoms in total. The van der Waals surface area contributed by atoms with Gasteiger partial charge in [0.25, 0.3) is 5.91 Å². The molecule has 1 fully saturated rings. The lowest BCUT2D eigenvalue weighted by atomic mass is 10.1. The number of amides is 1. The zero-order valence-electron chi connectivity index (χ0n) is 10.3. The summed E-state index contributed by atoms with van der Waals surface area (Å²) in [4.78, 5) is 13.7. The number of rotatable bonds is 1. The number of nitrogens with zero attached hydrogens (tertiary/aromatic N) is 1. The molecule has 1 amide bonds. The summed E-state index contributed by atoms with van der Waals surface area (Å²) in [6, 6.07) is 2.26. The van der Waals surface area contributed by atoms with Crippen LogP contribution in [0, 0.1) is 11.6 Å². The van der Waals surface area contributed by atoms with Crippen LogP contribution >= 0.6 is 28.3 Å². The largest absolute Gasteiger partial charge is 0.333 e. The van der Waals surface area contributed by atoms with Gasteiger partial charge in [-0.1, -0.05) is 0 Å². The highest BCUT2D eigenvalue weighted by molar-refractivity contribution is 9.10. The van der Waals surface area contributed by atoms with Crippen molar-refractivity contribution in [1.29, 1.82) is 0 Å². The van der Waals surface area contributed by atoms with Crippen LogP contribution in [0.3, 0.4) is 0 Å². The molecule has 0 aromatic heterocycles. The molecule has 0 spiro atoms. The van der Waals surface area contributed by atoms with Crippen LogP contribution in [-0.2, 0) is 0 Å². The number of carbonyl (C=O) groups excluding carboxylic acids is 1. The summed E-state index contributed by atoms with van der Waals surface area (Å²) >= 11 is 2.96. The van der Waals surface area contributed by atoms with Gasteiger partial charge in [-0.3, -0.25) is 4.79 Å². The number of hydrogen-bond acceptors (Lipinski definition) is 2. The predicted molar refractivity (Wildman–Crippen MR) is 74.7 cm³/mol. The van der Waals surface area contributed by atoms with E-state index >= 15 is 0 Å². The van der Waals surface area contributed by atoms with E-state index in [0.29, 0.717) is 19.6 Å². The van der Waals surface area contributed by atoms with Crippen molar-refractivity contribution in [1.82, 2.24) is 10.2 Å². The number of nitrogens with one attached hydrogen (secondary N) is 1. The zero-order valence-corrected chi connectivity index (χ0v) is 12.7. The minimum Gasteiger partial charge on any atom is -0.333 e. The average molecular weight is 356 g/mol. The monoisotopic (exact) mass is 354 g/mol. The fourth-order valence-corrected chi connectivity index (χ4v) is 2.34. The first kappa shape index (κ1) is 16.3. The van der Waals surface area contributed by atoms with Gasteiger partial charge in [0.05, 0.1) is 4.47 Å². The van der Waals surface area contributed by atoms with Crippen molar-refractivity contribution in [3.8, 4) is 0 Å². The molecule has 1 saturated heterocycles. The van der Waals surface area contributed by atoms with Crippen LogP contribution in [0.2, 0.25) is 0 Å². The molecule has 0 aliphatic carbocycles. The van der Waals surface area contributed by atoms with Crippen LogP contribution in [0.5, 0.6) is 0 Å². The van der Waals surface area contributed by atoms with Gasteiger partial charge in [-0.25, -0.2) is 8.78 Å². The first-order valence-corrected chi connectivity index (χ1v) is 6.47. The van der Waals surface area contributed by atoms with Crippen molar-refractivity contribution in [2.45, 2.75) is 13.0 Å². The Hall–Kier alpha value is -0.720. The molecule has 1 aromatic carbocycles. The molecule has 1 aromatic rings. The van der Waals surface area contributed by atoms with Gasteiger partial charge in [0.15, 0.2) is 5.82 Å². The van der Waals surface area contributed by atoms with Gasteiger partial charge in [0.2, 0.25) is 0 Å². The second kappa shape index (κ2) is 6.63. The Morgan fingerprint density at radius 3 is 2.79 bits per heavy atom. The van der Waals surface area contributed by atoms with Crippen LogP contribution < -0.4 is 5.32 Å². The Morgan fingerprint density at radius 2 is 2.16 bits per heavy atom. The number of hydrogen-bond donors (Lipinski definition) is 1. The van der Waals surface area contributed by atoms with E-state index in [4.69, 9.17) is 0 Å². The van der Waals surface area contributed by atoms with E-state index in [-0.39, 0.29) is 22.9 Å². The summed E-state index contributed by atoms with van der Waals surface area (Å²) in [6.07, 6.45) is 0. The number of benzene rings is 1. The van der Waals surface area contributed by atoms with Gasteiger partial charge in [0, 0.05) is 25.7 Å². The fourth-order valence-electron chi connectivity index (χ4n) is 2.01. The van der Waals surface area contributed by atoms with Gasteiger partial charge in [-0.15, -0.1) is 12.4 Å². The number of halogens is 4. The van der Waals surface area contributed by atoms with Crippen LogP contribution in [-0.4, -0.2) is 36.5 Å². The molecule has 0 saturated carbocycles. The van der Waals surface area contributed by atoms with Crippen molar-refractivity contribution in [3.05, 3.63) is 33.8 Å². The second-order valence-electron chi connectivity index (χ2n) is 4.27. The second-order valence-corrected chi connectivity index (χ2v) is 5.12. The van der Waals surface area contributed by atoms with Gasteiger partial charge < -0.3 is 10.2 Å². The molecule has 0 radical (unpaired) electrons. The third kappa shape index (κ3) is 3.24. The van der Waals surface area contributed by atoms with Crippen molar-refractivity contribution in [3.63, 3.8) is 0 Å². The van der Waals surface area contributed by atoms with Gasteiger partial charge in [-0.2, -0.15) is 0 Å². The Balaban J connectivity index is 0.00000180. The molecule has 2 rings (SSSR count). The summed E-state index contributed by atoms with van der Waals surface area (Å²) in [5.74, 6) is -2.27. The van der Waals surface area contributed by atoms with E-state index in [1.165, 1.54) is 11.0 Å². The van der Waals surface area contributed by atoms with Gasteiger partial charge >= 0.3 is 0 Å². The molecule has 0 bridgehead atoms. The van der Waals surface area contributed by atoms with Crippen LogP contribution in [0.4, 0.5) is 8.78 Å². The first-order chi connectivity index (χ1) is 8.52. The fraction of sp³-hybridized carbons (Fsp3) is 0.417. The summed E-state index contributed by atoms with van der Waals surface area (Å²) < 4.78 is 27.6. The molecule has 1 aliphatic heterocycles. The normalized spacial score (nSPS) is 18.9. The van der Waals surface area contributed by atoms with Crippen LogP contribution in [0.15, 0.2) is 16.6 Å². The Kier molecular flexibility index (Phi) is 5.70. The van der Waals surface area contributed by atoms with Crippen molar-refractivity contribution < 1.29 is 13.6 Å². The van der Waals surface area contributed by atoms with Crippen molar-refractivity contribution in [2.24, 2.45) is 0 Å². The maximum Gasteiger partial charge on any atom is 0.260 e. The minimum absolute atomic E-state index is 0. The molecule has 19 heavy (non-hydrogen) atoms. The molecule has 1 atom stereocenters. The topological polar surface area (TPSA) is 32.3 Å². The van der Waals surface area contributed by atoms with E-state index in [1.807, 2.05) is 6.92 Å². The number of carbonyl (C=O) groups is 1. The predicted octanol–water partition coefficient (Wildman–Crippen LogP) is 2.58. The third-order valence-electron chi connectivity index (χ3n) is 3.02. The summed E-state index contributed by atoms with van der Waals surface area (Å²) in [6.45, 7) is 3.56. The highest BCUT2D eigenvalue weighted by atomic mass is 79.9. The maximum absolute atomic E-state index is 13.8. The van der Waals surface area contributed by atoms with E-state index in [2.05, 4.69) is 21.2 Å². The highest BCUT2D eigenvalue weighted by Crippen LogP contribution is 2.23. The van der Waals surface area contributed by atoms with Crippen LogP contribution in [0.25, 0.3) is 0 Å². The number of piperazine rings is 1. The highest BCUT2D eigenvalue weighted by Gasteiger charge is 2.29. The van der Waals surface area contributed by atoms with Gasteiger partial charge in [-0.05, 0) is 35.0 Å². The molecular weight excluding hydrogens is 341 g/mol. The Labute approximate surface area is 124 Å². The molecule has 7 heteroatoms. The van der Waals surface area contributed by atoms with Gasteiger partial charge in [0.1, 0.15) is 11.4 Å². The van der Waals surface area contributed by atoms with Crippen molar-refractivity contribution >= 4 is 34.2 Å². The molecule has 1 aliphatic rings. The van der Waals surface area contributed by atoms with E-state index in [1.54, 1.807) is 0 Å². The maximum atomic E-state index is 13.8. The quantitative estimate of drug-likeness (QED) is 0.785. The molecule has 0 unspecified atom stereocenters. The molecule has 1 N–H and O–H groups in total. The summed E-state index contributed by atoms with van der Waals surface area (Å²) in [7, 11) is 0. The lowest BCUT2D eigenvalue weighted by Crippen LogP contribution is -2.52. The average Bonchev–Trinajstić information content (AvgIpc) is 2.35. The Morgan fingerprint density at radius 1 is 1.47 bits per heavy atom. The van der Waals surface area contributed by atoms with E-state index in [9.17, 15) is 13.6 Å².